The van der Waals surface area contributed by atoms with Gasteiger partial charge < -0.3 is 10.1 Å². The van der Waals surface area contributed by atoms with Gasteiger partial charge in [-0.15, -0.1) is 11.3 Å². The molecule has 0 bridgehead atoms. The van der Waals surface area contributed by atoms with Crippen LogP contribution >= 0.6 is 34.5 Å². The zero-order valence-electron chi connectivity index (χ0n) is 14.9. The van der Waals surface area contributed by atoms with E-state index in [1.807, 2.05) is 0 Å². The molecule has 2 aromatic carbocycles. The first-order chi connectivity index (χ1) is 14.4. The maximum atomic E-state index is 13.4. The Bertz CT molecular complexity index is 1260. The summed E-state index contributed by atoms with van der Waals surface area (Å²) in [5.41, 5.74) is 0.899. The number of hydrogen-bond donors (Lipinski definition) is 1. The highest BCUT2D eigenvalue weighted by Crippen LogP contribution is 2.36. The molecule has 1 N–H and O–H groups in total. The van der Waals surface area contributed by atoms with Crippen LogP contribution in [0.4, 0.5) is 10.1 Å². The van der Waals surface area contributed by atoms with E-state index in [4.69, 9.17) is 27.9 Å². The van der Waals surface area contributed by atoms with E-state index in [1.165, 1.54) is 41.6 Å². The average Bonchev–Trinajstić information content (AvgIpc) is 3.34. The van der Waals surface area contributed by atoms with Gasteiger partial charge in [-0.05, 0) is 36.4 Å². The third-order valence-electron chi connectivity index (χ3n) is 4.01. The Morgan fingerprint density at radius 2 is 2.03 bits per heavy atom. The molecule has 2 heterocycles. The number of thiophene rings is 1. The summed E-state index contributed by atoms with van der Waals surface area (Å²) in [7, 11) is 0. The third-order valence-corrected chi connectivity index (χ3v) is 5.88. The minimum Gasteiger partial charge on any atom is -0.451 e. The summed E-state index contributed by atoms with van der Waals surface area (Å²) in [4.78, 5) is 28.7. The lowest BCUT2D eigenvalue weighted by Crippen LogP contribution is -2.21. The van der Waals surface area contributed by atoms with E-state index in [1.54, 1.807) is 12.1 Å². The van der Waals surface area contributed by atoms with Crippen molar-refractivity contribution in [3.8, 4) is 5.69 Å². The molecular weight excluding hydrogens is 454 g/mol. The molecule has 0 aliphatic rings. The number of nitrogens with one attached hydrogen (secondary N) is 1. The highest BCUT2D eigenvalue weighted by molar-refractivity contribution is 7.21. The molecule has 1 amide bonds. The lowest BCUT2D eigenvalue weighted by molar-refractivity contribution is -0.119. The highest BCUT2D eigenvalue weighted by atomic mass is 35.5. The van der Waals surface area contributed by atoms with E-state index >= 15 is 0 Å². The zero-order valence-corrected chi connectivity index (χ0v) is 17.3. The van der Waals surface area contributed by atoms with Crippen LogP contribution in [-0.2, 0) is 9.53 Å². The first kappa shape index (κ1) is 20.3. The third kappa shape index (κ3) is 4.13. The maximum absolute atomic E-state index is 13.4. The van der Waals surface area contributed by atoms with Gasteiger partial charge in [-0.3, -0.25) is 4.79 Å². The number of fused-ring (bicyclic) bond motifs is 1. The summed E-state index contributed by atoms with van der Waals surface area (Å²) < 4.78 is 20.4. The predicted octanol–water partition coefficient (Wildman–Crippen LogP) is 4.72. The molecule has 0 atom stereocenters. The number of benzene rings is 2. The quantitative estimate of drug-likeness (QED) is 0.431. The molecule has 30 heavy (non-hydrogen) atoms. The van der Waals surface area contributed by atoms with Crippen molar-refractivity contribution in [3.63, 3.8) is 0 Å². The molecule has 0 fully saturated rings. The average molecular weight is 465 g/mol. The minimum absolute atomic E-state index is 0.0936. The van der Waals surface area contributed by atoms with Crippen LogP contribution in [-0.4, -0.2) is 33.2 Å². The SMILES string of the molecule is O=C(COC(=O)c1sc2cc(F)ccc2c1Cl)Nc1cc(Cl)ccc1-n1cncn1. The topological polar surface area (TPSA) is 86.1 Å². The molecule has 152 valence electrons. The van der Waals surface area contributed by atoms with Gasteiger partial charge >= 0.3 is 5.97 Å². The summed E-state index contributed by atoms with van der Waals surface area (Å²) in [6, 6.07) is 8.85. The van der Waals surface area contributed by atoms with Crippen LogP contribution in [0.5, 0.6) is 0 Å². The van der Waals surface area contributed by atoms with E-state index in [0.717, 1.165) is 11.3 Å². The molecule has 4 rings (SSSR count). The molecule has 2 aromatic heterocycles. The van der Waals surface area contributed by atoms with Crippen molar-refractivity contribution >= 4 is 62.2 Å². The Morgan fingerprint density at radius 3 is 2.80 bits per heavy atom. The highest BCUT2D eigenvalue weighted by Gasteiger charge is 2.20. The number of rotatable bonds is 5. The van der Waals surface area contributed by atoms with Gasteiger partial charge in [0.05, 0.1) is 16.4 Å². The van der Waals surface area contributed by atoms with Crippen molar-refractivity contribution in [3.05, 3.63) is 69.8 Å². The molecule has 0 saturated heterocycles. The van der Waals surface area contributed by atoms with Gasteiger partial charge in [0.1, 0.15) is 23.3 Å². The normalized spacial score (nSPS) is 10.9. The standard InChI is InChI=1S/C19H11Cl2FN4O3S/c20-10-1-4-14(26-9-23-8-24-26)13(5-10)25-16(27)7-29-19(28)18-17(21)12-3-2-11(22)6-15(12)30-18/h1-6,8-9H,7H2,(H,25,27). The maximum Gasteiger partial charge on any atom is 0.350 e. The number of anilines is 1. The van der Waals surface area contributed by atoms with Gasteiger partial charge in [0.15, 0.2) is 6.61 Å². The van der Waals surface area contributed by atoms with Crippen molar-refractivity contribution in [2.24, 2.45) is 0 Å². The lowest BCUT2D eigenvalue weighted by Gasteiger charge is -2.11. The van der Waals surface area contributed by atoms with Crippen LogP contribution in [0, 0.1) is 5.82 Å². The van der Waals surface area contributed by atoms with E-state index in [-0.39, 0.29) is 9.90 Å². The van der Waals surface area contributed by atoms with Crippen molar-refractivity contribution in [1.82, 2.24) is 14.8 Å². The number of esters is 1. The van der Waals surface area contributed by atoms with Gasteiger partial charge in [-0.25, -0.2) is 18.9 Å². The molecule has 0 unspecified atom stereocenters. The van der Waals surface area contributed by atoms with Gasteiger partial charge in [0, 0.05) is 15.1 Å². The number of aromatic nitrogens is 3. The van der Waals surface area contributed by atoms with Crippen LogP contribution in [0.3, 0.4) is 0 Å². The van der Waals surface area contributed by atoms with Crippen LogP contribution in [0.1, 0.15) is 9.67 Å². The molecule has 4 aromatic rings. The van der Waals surface area contributed by atoms with Crippen LogP contribution in [0.25, 0.3) is 15.8 Å². The molecule has 0 spiro atoms. The summed E-state index contributed by atoms with van der Waals surface area (Å²) >= 11 is 13.2. The zero-order chi connectivity index (χ0) is 21.3. The minimum atomic E-state index is -0.778. The van der Waals surface area contributed by atoms with E-state index < -0.39 is 24.3 Å². The Labute approximate surface area is 183 Å². The Balaban J connectivity index is 1.47. The number of hydrogen-bond acceptors (Lipinski definition) is 6. The second kappa shape index (κ2) is 8.39. The fraction of sp³-hybridized carbons (Fsp3) is 0.0526. The van der Waals surface area contributed by atoms with E-state index in [0.29, 0.717) is 26.5 Å². The monoisotopic (exact) mass is 464 g/mol. The van der Waals surface area contributed by atoms with Crippen molar-refractivity contribution < 1.29 is 18.7 Å². The largest absolute Gasteiger partial charge is 0.451 e. The number of halogens is 3. The Kier molecular flexibility index (Phi) is 5.67. The van der Waals surface area contributed by atoms with E-state index in [9.17, 15) is 14.0 Å². The number of nitrogens with zero attached hydrogens (tertiary/aromatic N) is 3. The summed E-state index contributed by atoms with van der Waals surface area (Å²) in [6.45, 7) is -0.554. The number of amides is 1. The molecule has 0 aliphatic carbocycles. The van der Waals surface area contributed by atoms with Gasteiger partial charge in [0.2, 0.25) is 0 Å². The summed E-state index contributed by atoms with van der Waals surface area (Å²) in [5, 5.41) is 7.74. The van der Waals surface area contributed by atoms with Crippen LogP contribution in [0.2, 0.25) is 10.0 Å². The number of carbonyl (C=O) groups is 2. The van der Waals surface area contributed by atoms with Gasteiger partial charge in [0.25, 0.3) is 5.91 Å². The number of ether oxygens (including phenoxy) is 1. The fourth-order valence-electron chi connectivity index (χ4n) is 2.69. The first-order valence-electron chi connectivity index (χ1n) is 8.41. The molecule has 7 nitrogen and oxygen atoms in total. The van der Waals surface area contributed by atoms with Crippen molar-refractivity contribution in [2.75, 3.05) is 11.9 Å². The second-order valence-corrected chi connectivity index (χ2v) is 7.88. The Morgan fingerprint density at radius 1 is 1.20 bits per heavy atom. The molecule has 11 heteroatoms. The van der Waals surface area contributed by atoms with Gasteiger partial charge in [-0.1, -0.05) is 23.2 Å². The van der Waals surface area contributed by atoms with Gasteiger partial charge in [-0.2, -0.15) is 5.10 Å². The summed E-state index contributed by atoms with van der Waals surface area (Å²) in [5.74, 6) is -1.81. The molecule has 0 aliphatic heterocycles. The predicted molar refractivity (Wildman–Crippen MR) is 112 cm³/mol. The molecule has 0 saturated carbocycles. The molecule has 0 radical (unpaired) electrons. The second-order valence-electron chi connectivity index (χ2n) is 6.01. The fourth-order valence-corrected chi connectivity index (χ4v) is 4.29. The lowest BCUT2D eigenvalue weighted by atomic mass is 10.2. The number of carbonyl (C=O) groups excluding carboxylic acids is 2. The van der Waals surface area contributed by atoms with Crippen LogP contribution < -0.4 is 5.32 Å². The molecular formula is C19H11Cl2FN4O3S. The van der Waals surface area contributed by atoms with Crippen molar-refractivity contribution in [1.29, 1.82) is 0 Å². The summed E-state index contributed by atoms with van der Waals surface area (Å²) in [6.07, 6.45) is 2.81. The van der Waals surface area contributed by atoms with Crippen LogP contribution in [0.15, 0.2) is 49.1 Å². The Hall–Kier alpha value is -3.01. The van der Waals surface area contributed by atoms with Crippen molar-refractivity contribution in [2.45, 2.75) is 0 Å². The van der Waals surface area contributed by atoms with E-state index in [2.05, 4.69) is 15.4 Å². The first-order valence-corrected chi connectivity index (χ1v) is 9.98. The smallest absolute Gasteiger partial charge is 0.350 e.